The largest absolute Gasteiger partial charge is 0.455 e. The molecule has 7 heteroatoms. The van der Waals surface area contributed by atoms with Gasteiger partial charge in [0.25, 0.3) is 5.91 Å². The lowest BCUT2D eigenvalue weighted by molar-refractivity contribution is -0.154. The number of thiazole rings is 1. The average molecular weight is 414 g/mol. The number of hydrogen-bond donors (Lipinski definition) is 1. The van der Waals surface area contributed by atoms with E-state index in [1.807, 2.05) is 38.1 Å². The molecule has 29 heavy (non-hydrogen) atoms. The number of rotatable bonds is 6. The SMILES string of the molecule is CC(C)[C@](C)(C#N)NC(=O)COC(=O)[C@H]1CCCC[C@@H]1c1nc2ccccc2s1. The van der Waals surface area contributed by atoms with Crippen LogP contribution in [0.3, 0.4) is 0 Å². The van der Waals surface area contributed by atoms with Crippen LogP contribution in [0.1, 0.15) is 57.4 Å². The number of aromatic nitrogens is 1. The zero-order chi connectivity index (χ0) is 21.0. The summed E-state index contributed by atoms with van der Waals surface area (Å²) in [6, 6.07) is 10.1. The van der Waals surface area contributed by atoms with E-state index in [1.165, 1.54) is 0 Å². The fourth-order valence-corrected chi connectivity index (χ4v) is 4.80. The van der Waals surface area contributed by atoms with Gasteiger partial charge in [0.2, 0.25) is 0 Å². The number of amides is 1. The zero-order valence-corrected chi connectivity index (χ0v) is 17.9. The van der Waals surface area contributed by atoms with Crippen molar-refractivity contribution >= 4 is 33.4 Å². The second kappa shape index (κ2) is 8.91. The third-order valence-electron chi connectivity index (χ3n) is 5.83. The first-order valence-corrected chi connectivity index (χ1v) is 10.9. The maximum atomic E-state index is 12.8. The number of para-hydroxylation sites is 1. The maximum Gasteiger partial charge on any atom is 0.310 e. The molecule has 0 spiro atoms. The third-order valence-corrected chi connectivity index (χ3v) is 7.00. The van der Waals surface area contributed by atoms with Crippen LogP contribution in [0.15, 0.2) is 24.3 Å². The number of benzene rings is 1. The molecule has 1 saturated carbocycles. The van der Waals surface area contributed by atoms with E-state index in [1.54, 1.807) is 18.3 Å². The van der Waals surface area contributed by atoms with Crippen LogP contribution in [0, 0.1) is 23.2 Å². The minimum absolute atomic E-state index is 0.0248. The summed E-state index contributed by atoms with van der Waals surface area (Å²) in [4.78, 5) is 29.7. The van der Waals surface area contributed by atoms with Crippen LogP contribution in [0.5, 0.6) is 0 Å². The molecule has 1 fully saturated rings. The van der Waals surface area contributed by atoms with Crippen LogP contribution >= 0.6 is 11.3 Å². The predicted octanol–water partition coefficient (Wildman–Crippen LogP) is 4.17. The summed E-state index contributed by atoms with van der Waals surface area (Å²) in [7, 11) is 0. The van der Waals surface area contributed by atoms with E-state index in [0.717, 1.165) is 40.9 Å². The molecule has 0 unspecified atom stereocenters. The van der Waals surface area contributed by atoms with Crippen molar-refractivity contribution in [3.63, 3.8) is 0 Å². The Morgan fingerprint density at radius 3 is 2.76 bits per heavy atom. The van der Waals surface area contributed by atoms with Gasteiger partial charge in [-0.25, -0.2) is 4.98 Å². The zero-order valence-electron chi connectivity index (χ0n) is 17.1. The molecular formula is C22H27N3O3S. The summed E-state index contributed by atoms with van der Waals surface area (Å²) < 4.78 is 6.47. The molecular weight excluding hydrogens is 386 g/mol. The molecule has 1 aliphatic rings. The van der Waals surface area contributed by atoms with Crippen molar-refractivity contribution in [2.24, 2.45) is 11.8 Å². The van der Waals surface area contributed by atoms with Crippen LogP contribution < -0.4 is 5.32 Å². The van der Waals surface area contributed by atoms with Gasteiger partial charge in [-0.15, -0.1) is 11.3 Å². The van der Waals surface area contributed by atoms with E-state index >= 15 is 0 Å². The van der Waals surface area contributed by atoms with E-state index in [9.17, 15) is 14.9 Å². The van der Waals surface area contributed by atoms with Gasteiger partial charge in [-0.05, 0) is 37.8 Å². The fourth-order valence-electron chi connectivity index (χ4n) is 3.63. The van der Waals surface area contributed by atoms with Crippen LogP contribution in [0.4, 0.5) is 0 Å². The molecule has 1 aliphatic carbocycles. The number of fused-ring (bicyclic) bond motifs is 1. The van der Waals surface area contributed by atoms with Crippen LogP contribution in [0.25, 0.3) is 10.2 Å². The molecule has 154 valence electrons. The summed E-state index contributed by atoms with van der Waals surface area (Å²) in [6.45, 7) is 5.02. The molecule has 1 aromatic carbocycles. The van der Waals surface area contributed by atoms with Gasteiger partial charge in [-0.2, -0.15) is 5.26 Å². The Hall–Kier alpha value is -2.46. The van der Waals surface area contributed by atoms with Gasteiger partial charge in [0.15, 0.2) is 6.61 Å². The molecule has 3 rings (SSSR count). The minimum Gasteiger partial charge on any atom is -0.455 e. The highest BCUT2D eigenvalue weighted by Crippen LogP contribution is 2.41. The molecule has 1 heterocycles. The number of hydrogen-bond acceptors (Lipinski definition) is 6. The lowest BCUT2D eigenvalue weighted by Crippen LogP contribution is -2.50. The Balaban J connectivity index is 1.65. The Kier molecular flexibility index (Phi) is 6.53. The van der Waals surface area contributed by atoms with E-state index in [-0.39, 0.29) is 30.3 Å². The van der Waals surface area contributed by atoms with E-state index in [2.05, 4.69) is 11.4 Å². The molecule has 2 aromatic rings. The highest BCUT2D eigenvalue weighted by molar-refractivity contribution is 7.18. The van der Waals surface area contributed by atoms with Gasteiger partial charge in [-0.1, -0.05) is 38.8 Å². The van der Waals surface area contributed by atoms with Crippen LogP contribution in [0.2, 0.25) is 0 Å². The molecule has 0 radical (unpaired) electrons. The maximum absolute atomic E-state index is 12.8. The van der Waals surface area contributed by atoms with Crippen molar-refractivity contribution in [3.05, 3.63) is 29.3 Å². The highest BCUT2D eigenvalue weighted by atomic mass is 32.1. The van der Waals surface area contributed by atoms with Crippen molar-refractivity contribution in [1.29, 1.82) is 5.26 Å². The molecule has 6 nitrogen and oxygen atoms in total. The number of carbonyl (C=O) groups is 2. The van der Waals surface area contributed by atoms with Crippen molar-refractivity contribution in [3.8, 4) is 6.07 Å². The van der Waals surface area contributed by atoms with Crippen molar-refractivity contribution in [2.75, 3.05) is 6.61 Å². The lowest BCUT2D eigenvalue weighted by Gasteiger charge is -2.29. The average Bonchev–Trinajstić information content (AvgIpc) is 3.16. The Morgan fingerprint density at radius 2 is 2.07 bits per heavy atom. The highest BCUT2D eigenvalue weighted by Gasteiger charge is 2.36. The topological polar surface area (TPSA) is 92.1 Å². The van der Waals surface area contributed by atoms with E-state index < -0.39 is 11.4 Å². The minimum atomic E-state index is -0.988. The number of esters is 1. The van der Waals surface area contributed by atoms with E-state index in [4.69, 9.17) is 9.72 Å². The third kappa shape index (κ3) is 4.76. The molecule has 1 aromatic heterocycles. The predicted molar refractivity (Wildman–Crippen MR) is 112 cm³/mol. The molecule has 1 amide bonds. The molecule has 3 atom stereocenters. The van der Waals surface area contributed by atoms with Gasteiger partial charge in [0.05, 0.1) is 27.2 Å². The van der Waals surface area contributed by atoms with E-state index in [0.29, 0.717) is 0 Å². The van der Waals surface area contributed by atoms with Crippen LogP contribution in [-0.4, -0.2) is 29.0 Å². The summed E-state index contributed by atoms with van der Waals surface area (Å²) in [5, 5.41) is 13.0. The number of nitrogens with one attached hydrogen (secondary N) is 1. The van der Waals surface area contributed by atoms with Gasteiger partial charge >= 0.3 is 5.97 Å². The Labute approximate surface area is 175 Å². The molecule has 0 aliphatic heterocycles. The second-order valence-corrected chi connectivity index (χ2v) is 9.20. The smallest absolute Gasteiger partial charge is 0.310 e. The van der Waals surface area contributed by atoms with Crippen molar-refractivity contribution in [1.82, 2.24) is 10.3 Å². The van der Waals surface area contributed by atoms with Gasteiger partial charge in [0.1, 0.15) is 5.54 Å². The van der Waals surface area contributed by atoms with Gasteiger partial charge < -0.3 is 10.1 Å². The van der Waals surface area contributed by atoms with Gasteiger partial charge in [0, 0.05) is 5.92 Å². The van der Waals surface area contributed by atoms with Gasteiger partial charge in [-0.3, -0.25) is 9.59 Å². The quantitative estimate of drug-likeness (QED) is 0.718. The number of ether oxygens (including phenoxy) is 1. The Bertz CT molecular complexity index is 900. The summed E-state index contributed by atoms with van der Waals surface area (Å²) in [6.07, 6.45) is 3.65. The number of nitriles is 1. The number of nitrogens with zero attached hydrogens (tertiary/aromatic N) is 2. The van der Waals surface area contributed by atoms with Crippen molar-refractivity contribution in [2.45, 2.75) is 57.9 Å². The Morgan fingerprint density at radius 1 is 1.34 bits per heavy atom. The lowest BCUT2D eigenvalue weighted by atomic mass is 9.79. The molecule has 0 bridgehead atoms. The first-order valence-electron chi connectivity index (χ1n) is 10.1. The standard InChI is InChI=1S/C22H27N3O3S/c1-14(2)22(3,13-23)25-19(26)12-28-21(27)16-9-5-4-8-15(16)20-24-17-10-6-7-11-18(17)29-20/h6-7,10-11,14-16H,4-5,8-9,12H2,1-3H3,(H,25,26)/t15-,16-,22-/m0/s1. The van der Waals surface area contributed by atoms with Crippen molar-refractivity contribution < 1.29 is 14.3 Å². The normalized spacial score (nSPS) is 21.3. The summed E-state index contributed by atoms with van der Waals surface area (Å²) >= 11 is 1.63. The second-order valence-electron chi connectivity index (χ2n) is 8.14. The first-order chi connectivity index (χ1) is 13.8. The van der Waals surface area contributed by atoms with Crippen LogP contribution in [-0.2, 0) is 14.3 Å². The molecule has 1 N–H and O–H groups in total. The summed E-state index contributed by atoms with van der Waals surface area (Å²) in [5.41, 5.74) is -0.0354. The fraction of sp³-hybridized carbons (Fsp3) is 0.545. The first kappa shape index (κ1) is 21.3. The number of carbonyl (C=O) groups excluding carboxylic acids is 2. The molecule has 0 saturated heterocycles. The summed E-state index contributed by atoms with van der Waals surface area (Å²) in [5.74, 6) is -1.13. The monoisotopic (exact) mass is 413 g/mol.